The van der Waals surface area contributed by atoms with E-state index in [4.69, 9.17) is 11.6 Å². The molecule has 3 heterocycles. The largest absolute Gasteiger partial charge is 0.416 e. The van der Waals surface area contributed by atoms with Crippen LogP contribution >= 0.6 is 11.6 Å². The third-order valence-corrected chi connectivity index (χ3v) is 7.64. The number of aromatic nitrogens is 3. The lowest BCUT2D eigenvalue weighted by molar-refractivity contribution is -0.137. The Hall–Kier alpha value is -2.47. The van der Waals surface area contributed by atoms with Crippen molar-refractivity contribution >= 4 is 21.6 Å². The molecule has 0 saturated carbocycles. The number of nitrogens with zero attached hydrogens (tertiary/aromatic N) is 4. The van der Waals surface area contributed by atoms with E-state index in [0.29, 0.717) is 11.3 Å². The maximum Gasteiger partial charge on any atom is 0.416 e. The maximum absolute atomic E-state index is 13.1. The Morgan fingerprint density at radius 2 is 1.97 bits per heavy atom. The van der Waals surface area contributed by atoms with E-state index >= 15 is 0 Å². The first-order valence-electron chi connectivity index (χ1n) is 10.0. The molecule has 2 unspecified atom stereocenters. The fourth-order valence-corrected chi connectivity index (χ4v) is 5.53. The topological polar surface area (TPSA) is 80.1 Å². The van der Waals surface area contributed by atoms with Crippen LogP contribution in [0.3, 0.4) is 0 Å². The molecular weight excluding hydrogens is 479 g/mol. The third-order valence-electron chi connectivity index (χ3n) is 5.57. The molecule has 1 N–H and O–H groups in total. The van der Waals surface area contributed by atoms with E-state index < -0.39 is 21.8 Å². The molecule has 2 aromatic heterocycles. The zero-order valence-electron chi connectivity index (χ0n) is 17.5. The molecule has 0 spiro atoms. The van der Waals surface area contributed by atoms with Gasteiger partial charge >= 0.3 is 6.18 Å². The van der Waals surface area contributed by atoms with Gasteiger partial charge in [-0.2, -0.15) is 17.5 Å². The fourth-order valence-electron chi connectivity index (χ4n) is 3.83. The SMILES string of the molecule is Cn1cnc(S(=O)(=O)N2CC(NCc3ccc(C(F)(F)F)cc3Cl)C(c3ccccn3)C2)c1. The van der Waals surface area contributed by atoms with Crippen molar-refractivity contribution in [2.45, 2.75) is 29.7 Å². The van der Waals surface area contributed by atoms with Gasteiger partial charge < -0.3 is 9.88 Å². The van der Waals surface area contributed by atoms with Crippen LogP contribution in [0.15, 0.2) is 60.1 Å². The van der Waals surface area contributed by atoms with Crippen molar-refractivity contribution in [2.24, 2.45) is 7.05 Å². The van der Waals surface area contributed by atoms with Crippen molar-refractivity contribution < 1.29 is 21.6 Å². The predicted octanol–water partition coefficient (Wildman–Crippen LogP) is 3.43. The van der Waals surface area contributed by atoms with Gasteiger partial charge in [0.05, 0.1) is 11.9 Å². The molecule has 7 nitrogen and oxygen atoms in total. The highest BCUT2D eigenvalue weighted by Crippen LogP contribution is 2.33. The Morgan fingerprint density at radius 1 is 1.18 bits per heavy atom. The molecule has 176 valence electrons. The summed E-state index contributed by atoms with van der Waals surface area (Å²) in [6.45, 7) is 0.509. The number of nitrogens with one attached hydrogen (secondary N) is 1. The zero-order chi connectivity index (χ0) is 23.8. The normalized spacial score (nSPS) is 19.8. The number of rotatable bonds is 6. The molecule has 1 aliphatic rings. The molecule has 0 radical (unpaired) electrons. The third kappa shape index (κ3) is 5.06. The summed E-state index contributed by atoms with van der Waals surface area (Å²) in [5, 5.41) is 3.21. The summed E-state index contributed by atoms with van der Waals surface area (Å²) in [5.74, 6) is -0.266. The predicted molar refractivity (Wildman–Crippen MR) is 116 cm³/mol. The molecular formula is C21H21ClF3N5O2S. The summed E-state index contributed by atoms with van der Waals surface area (Å²) in [7, 11) is -2.14. The summed E-state index contributed by atoms with van der Waals surface area (Å²) in [6.07, 6.45) is 0.00978. The molecule has 12 heteroatoms. The maximum atomic E-state index is 13.1. The molecule has 1 aromatic carbocycles. The number of imidazole rings is 1. The molecule has 1 saturated heterocycles. The Bertz CT molecular complexity index is 1230. The first-order valence-corrected chi connectivity index (χ1v) is 11.9. The van der Waals surface area contributed by atoms with Crippen molar-refractivity contribution in [1.29, 1.82) is 0 Å². The van der Waals surface area contributed by atoms with Gasteiger partial charge in [-0.25, -0.2) is 13.4 Å². The quantitative estimate of drug-likeness (QED) is 0.562. The van der Waals surface area contributed by atoms with Gasteiger partial charge in [0.25, 0.3) is 10.0 Å². The second-order valence-corrected chi connectivity index (χ2v) is 10.1. The van der Waals surface area contributed by atoms with E-state index in [2.05, 4.69) is 15.3 Å². The average molecular weight is 500 g/mol. The summed E-state index contributed by atoms with van der Waals surface area (Å²) in [5.41, 5.74) is 0.374. The van der Waals surface area contributed by atoms with Crippen molar-refractivity contribution in [3.8, 4) is 0 Å². The number of pyridine rings is 1. The molecule has 2 atom stereocenters. The smallest absolute Gasteiger partial charge is 0.339 e. The monoisotopic (exact) mass is 499 g/mol. The fraction of sp³-hybridized carbons (Fsp3) is 0.333. The minimum Gasteiger partial charge on any atom is -0.339 e. The number of alkyl halides is 3. The Balaban J connectivity index is 1.56. The highest BCUT2D eigenvalue weighted by atomic mass is 35.5. The Morgan fingerprint density at radius 3 is 2.58 bits per heavy atom. The van der Waals surface area contributed by atoms with Gasteiger partial charge in [0, 0.05) is 61.8 Å². The molecule has 0 bridgehead atoms. The number of halogens is 4. The van der Waals surface area contributed by atoms with E-state index in [1.165, 1.54) is 22.9 Å². The van der Waals surface area contributed by atoms with Crippen LogP contribution in [0, 0.1) is 0 Å². The van der Waals surface area contributed by atoms with E-state index in [-0.39, 0.29) is 41.6 Å². The Labute approximate surface area is 194 Å². The number of aryl methyl sites for hydroxylation is 1. The lowest BCUT2D eigenvalue weighted by Gasteiger charge is -2.20. The molecule has 0 aliphatic carbocycles. The van der Waals surface area contributed by atoms with Crippen LogP contribution < -0.4 is 5.32 Å². The zero-order valence-corrected chi connectivity index (χ0v) is 19.1. The van der Waals surface area contributed by atoms with E-state index in [0.717, 1.165) is 12.1 Å². The van der Waals surface area contributed by atoms with Crippen LogP contribution in [0.4, 0.5) is 13.2 Å². The number of sulfonamides is 1. The number of hydrogen-bond donors (Lipinski definition) is 1. The summed E-state index contributed by atoms with van der Waals surface area (Å²) in [4.78, 5) is 8.36. The second kappa shape index (κ2) is 9.05. The van der Waals surface area contributed by atoms with Crippen molar-refractivity contribution in [2.75, 3.05) is 13.1 Å². The van der Waals surface area contributed by atoms with Gasteiger partial charge in [-0.1, -0.05) is 23.7 Å². The van der Waals surface area contributed by atoms with Gasteiger partial charge in [0.2, 0.25) is 0 Å². The highest BCUT2D eigenvalue weighted by Gasteiger charge is 2.41. The second-order valence-electron chi connectivity index (χ2n) is 7.85. The number of benzene rings is 1. The lowest BCUT2D eigenvalue weighted by Crippen LogP contribution is -2.36. The molecule has 0 amide bonds. The van der Waals surface area contributed by atoms with Crippen molar-refractivity contribution in [3.63, 3.8) is 0 Å². The molecule has 1 aliphatic heterocycles. The Kier molecular flexibility index (Phi) is 6.50. The minimum absolute atomic E-state index is 0.0114. The summed E-state index contributed by atoms with van der Waals surface area (Å²) in [6, 6.07) is 8.27. The first-order chi connectivity index (χ1) is 15.6. The van der Waals surface area contributed by atoms with Gasteiger partial charge in [0.1, 0.15) is 0 Å². The van der Waals surface area contributed by atoms with E-state index in [1.54, 1.807) is 23.9 Å². The van der Waals surface area contributed by atoms with Crippen LogP contribution in [-0.2, 0) is 29.8 Å². The van der Waals surface area contributed by atoms with Crippen molar-refractivity contribution in [1.82, 2.24) is 24.2 Å². The van der Waals surface area contributed by atoms with Crippen LogP contribution in [0.2, 0.25) is 5.02 Å². The van der Waals surface area contributed by atoms with Crippen LogP contribution in [-0.4, -0.2) is 46.4 Å². The molecule has 33 heavy (non-hydrogen) atoms. The molecule has 4 rings (SSSR count). The summed E-state index contributed by atoms with van der Waals surface area (Å²) < 4.78 is 67.9. The van der Waals surface area contributed by atoms with Gasteiger partial charge in [-0.3, -0.25) is 4.98 Å². The standard InChI is InChI=1S/C21H21ClF3N5O2S/c1-29-12-20(28-13-29)33(31,32)30-10-16(18-4-2-3-7-26-18)19(11-30)27-9-14-5-6-15(8-17(14)22)21(23,24)25/h2-8,12-13,16,19,27H,9-11H2,1H3. The van der Waals surface area contributed by atoms with Gasteiger partial charge in [-0.15, -0.1) is 0 Å². The van der Waals surface area contributed by atoms with Gasteiger partial charge in [-0.05, 0) is 29.8 Å². The summed E-state index contributed by atoms with van der Waals surface area (Å²) >= 11 is 6.09. The van der Waals surface area contributed by atoms with Crippen LogP contribution in [0.1, 0.15) is 22.7 Å². The lowest BCUT2D eigenvalue weighted by atomic mass is 9.98. The van der Waals surface area contributed by atoms with Crippen molar-refractivity contribution in [3.05, 3.63) is 77.0 Å². The van der Waals surface area contributed by atoms with Gasteiger partial charge in [0.15, 0.2) is 5.03 Å². The van der Waals surface area contributed by atoms with Crippen LogP contribution in [0.25, 0.3) is 0 Å². The highest BCUT2D eigenvalue weighted by molar-refractivity contribution is 7.89. The van der Waals surface area contributed by atoms with E-state index in [1.807, 2.05) is 12.1 Å². The molecule has 1 fully saturated rings. The van der Waals surface area contributed by atoms with E-state index in [9.17, 15) is 21.6 Å². The molecule has 3 aromatic rings. The number of hydrogen-bond acceptors (Lipinski definition) is 5. The average Bonchev–Trinajstić information content (AvgIpc) is 3.40. The first kappa shape index (κ1) is 23.7. The minimum atomic E-state index is -4.48. The van der Waals surface area contributed by atoms with Crippen LogP contribution in [0.5, 0.6) is 0 Å².